The fraction of sp³-hybridized carbons (Fsp3) is 0.375. The summed E-state index contributed by atoms with van der Waals surface area (Å²) in [5, 5.41) is 0. The monoisotopic (exact) mass is 223 g/mol. The Kier molecular flexibility index (Phi) is 4.88. The number of nitrogens with zero attached hydrogens (tertiary/aromatic N) is 1. The quantitative estimate of drug-likeness (QED) is 0.713. The summed E-state index contributed by atoms with van der Waals surface area (Å²) in [5.41, 5.74) is 0.647. The van der Waals surface area contributed by atoms with Gasteiger partial charge in [-0.3, -0.25) is 4.79 Å². The lowest BCUT2D eigenvalue weighted by atomic mass is 10.3. The van der Waals surface area contributed by atoms with Crippen LogP contribution in [0.2, 0.25) is 0 Å². The maximum Gasteiger partial charge on any atom is 0.223 e. The molecule has 0 saturated heterocycles. The first kappa shape index (κ1) is 12.3. The van der Waals surface area contributed by atoms with Crippen molar-refractivity contribution < 1.29 is 4.74 Å². The average molecular weight is 224 g/mol. The molecule has 1 aromatic heterocycles. The predicted octanol–water partition coefficient (Wildman–Crippen LogP) is 1.55. The summed E-state index contributed by atoms with van der Waals surface area (Å²) in [5.74, 6) is 0.668. The molecule has 74 valence electrons. The number of hydrogen-bond acceptors (Lipinski definition) is 2. The molecule has 0 unspecified atom stereocenters. The van der Waals surface area contributed by atoms with Crippen LogP contribution < -0.4 is 10.2 Å². The molecule has 0 bridgehead atoms. The van der Waals surface area contributed by atoms with E-state index in [0.717, 1.165) is 5.69 Å². The largest absolute Gasteiger partial charge is 0.491 e. The zero-order chi connectivity index (χ0) is 9.14. The third-order valence-corrected chi connectivity index (χ3v) is 1.94. The Balaban J connectivity index is 0.00000144. The fourth-order valence-corrected chi connectivity index (χ4v) is 1.20. The first-order chi connectivity index (χ1) is 5.69. The molecule has 5 heteroatoms. The van der Waals surface area contributed by atoms with Crippen LogP contribution in [0.4, 0.5) is 0 Å². The number of methoxy groups -OCH3 is 1. The first-order valence-corrected chi connectivity index (χ1v) is 4.02. The van der Waals surface area contributed by atoms with Gasteiger partial charge in [0.15, 0.2) is 5.75 Å². The van der Waals surface area contributed by atoms with E-state index in [1.165, 1.54) is 13.2 Å². The summed E-state index contributed by atoms with van der Waals surface area (Å²) in [6.07, 6.45) is 1.63. The number of pyridine rings is 1. The lowest BCUT2D eigenvalue weighted by Gasteiger charge is -2.06. The van der Waals surface area contributed by atoms with E-state index in [9.17, 15) is 4.79 Å². The highest BCUT2D eigenvalue weighted by atomic mass is 35.5. The van der Waals surface area contributed by atoms with Gasteiger partial charge in [0.1, 0.15) is 0 Å². The molecule has 0 atom stereocenters. The summed E-state index contributed by atoms with van der Waals surface area (Å²) < 4.78 is 6.62. The van der Waals surface area contributed by atoms with Crippen molar-refractivity contribution in [3.05, 3.63) is 28.2 Å². The summed E-state index contributed by atoms with van der Waals surface area (Å²) in [6, 6.07) is 1.48. The first-order valence-electron chi connectivity index (χ1n) is 3.48. The normalized spacial score (nSPS) is 9.15. The minimum atomic E-state index is -0.133. The van der Waals surface area contributed by atoms with Gasteiger partial charge in [-0.25, -0.2) is 0 Å². The zero-order valence-electron chi connectivity index (χ0n) is 7.41. The molecule has 0 saturated carbocycles. The van der Waals surface area contributed by atoms with Crippen LogP contribution in [0, 0.1) is 0 Å². The number of aromatic nitrogens is 1. The van der Waals surface area contributed by atoms with Crippen LogP contribution in [0.5, 0.6) is 5.75 Å². The second-order valence-electron chi connectivity index (χ2n) is 2.44. The number of aryl methyl sites for hydroxylation is 1. The molecule has 0 spiro atoms. The Morgan fingerprint density at radius 2 is 2.23 bits per heavy atom. The third-order valence-electron chi connectivity index (χ3n) is 1.66. The number of hydrogen-bond donors (Lipinski definition) is 0. The smallest absolute Gasteiger partial charge is 0.223 e. The Labute approximate surface area is 87.7 Å². The minimum Gasteiger partial charge on any atom is -0.491 e. The molecule has 0 fully saturated rings. The second kappa shape index (κ2) is 5.14. The lowest BCUT2D eigenvalue weighted by Crippen LogP contribution is -2.11. The van der Waals surface area contributed by atoms with Gasteiger partial charge in [-0.15, -0.1) is 24.0 Å². The van der Waals surface area contributed by atoms with Crippen molar-refractivity contribution in [3.8, 4) is 5.75 Å². The van der Waals surface area contributed by atoms with Gasteiger partial charge in [0, 0.05) is 18.8 Å². The highest BCUT2D eigenvalue weighted by Crippen LogP contribution is 2.06. The van der Waals surface area contributed by atoms with Gasteiger partial charge in [-0.2, -0.15) is 0 Å². The molecule has 0 N–H and O–H groups in total. The maximum absolute atomic E-state index is 11.2. The van der Waals surface area contributed by atoms with Crippen molar-refractivity contribution in [1.82, 2.24) is 4.57 Å². The van der Waals surface area contributed by atoms with E-state index < -0.39 is 0 Å². The topological polar surface area (TPSA) is 31.2 Å². The fourth-order valence-electron chi connectivity index (χ4n) is 0.933. The van der Waals surface area contributed by atoms with E-state index in [-0.39, 0.29) is 17.8 Å². The van der Waals surface area contributed by atoms with Gasteiger partial charge >= 0.3 is 0 Å². The van der Waals surface area contributed by atoms with Crippen LogP contribution in [0.1, 0.15) is 5.69 Å². The summed E-state index contributed by atoms with van der Waals surface area (Å²) in [7, 11) is 3.29. The van der Waals surface area contributed by atoms with E-state index in [2.05, 4.69) is 0 Å². The molecule has 1 aromatic rings. The molecule has 0 amide bonds. The molecule has 0 aliphatic heterocycles. The van der Waals surface area contributed by atoms with Crippen LogP contribution in [0.3, 0.4) is 0 Å². The minimum absolute atomic E-state index is 0. The van der Waals surface area contributed by atoms with Crippen LogP contribution in [-0.4, -0.2) is 11.7 Å². The average Bonchev–Trinajstić information content (AvgIpc) is 2.08. The van der Waals surface area contributed by atoms with E-state index in [0.29, 0.717) is 11.6 Å². The van der Waals surface area contributed by atoms with Crippen LogP contribution >= 0.6 is 24.0 Å². The molecule has 3 nitrogen and oxygen atoms in total. The van der Waals surface area contributed by atoms with E-state index >= 15 is 0 Å². The molecule has 13 heavy (non-hydrogen) atoms. The van der Waals surface area contributed by atoms with Crippen molar-refractivity contribution in [2.45, 2.75) is 5.88 Å². The second-order valence-corrected chi connectivity index (χ2v) is 2.71. The number of ether oxygens (including phenoxy) is 1. The lowest BCUT2D eigenvalue weighted by molar-refractivity contribution is 0.406. The van der Waals surface area contributed by atoms with Gasteiger partial charge in [-0.1, -0.05) is 0 Å². The molecule has 1 rings (SSSR count). The molecular weight excluding hydrogens is 213 g/mol. The molecule has 0 radical (unpaired) electrons. The van der Waals surface area contributed by atoms with Crippen molar-refractivity contribution in [1.29, 1.82) is 0 Å². The van der Waals surface area contributed by atoms with E-state index in [4.69, 9.17) is 16.3 Å². The summed E-state index contributed by atoms with van der Waals surface area (Å²) >= 11 is 5.60. The molecule has 0 aliphatic carbocycles. The van der Waals surface area contributed by atoms with Crippen LogP contribution in [-0.2, 0) is 12.9 Å². The zero-order valence-corrected chi connectivity index (χ0v) is 8.98. The van der Waals surface area contributed by atoms with Gasteiger partial charge in [0.2, 0.25) is 5.43 Å². The van der Waals surface area contributed by atoms with Gasteiger partial charge in [0.05, 0.1) is 19.2 Å². The summed E-state index contributed by atoms with van der Waals surface area (Å²) in [4.78, 5) is 11.2. The maximum atomic E-state index is 11.2. The number of rotatable bonds is 2. The van der Waals surface area contributed by atoms with Gasteiger partial charge in [-0.05, 0) is 0 Å². The predicted molar refractivity (Wildman–Crippen MR) is 55.0 cm³/mol. The van der Waals surface area contributed by atoms with Crippen molar-refractivity contribution in [2.75, 3.05) is 7.11 Å². The van der Waals surface area contributed by atoms with Gasteiger partial charge < -0.3 is 9.30 Å². The molecule has 0 aromatic carbocycles. The third kappa shape index (κ3) is 2.64. The number of halogens is 2. The SMILES string of the molecule is COc1cn(C)c(CCl)cc1=O.Cl. The molecule has 1 heterocycles. The molecular formula is C8H11Cl2NO2. The van der Waals surface area contributed by atoms with Crippen molar-refractivity contribution >= 4 is 24.0 Å². The van der Waals surface area contributed by atoms with Crippen LogP contribution in [0.15, 0.2) is 17.1 Å². The Morgan fingerprint density at radius 3 is 2.69 bits per heavy atom. The number of alkyl halides is 1. The van der Waals surface area contributed by atoms with Crippen LogP contribution in [0.25, 0.3) is 0 Å². The molecule has 0 aliphatic rings. The Hall–Kier alpha value is -0.670. The van der Waals surface area contributed by atoms with Crippen molar-refractivity contribution in [3.63, 3.8) is 0 Å². The Morgan fingerprint density at radius 1 is 1.62 bits per heavy atom. The van der Waals surface area contributed by atoms with E-state index in [1.807, 2.05) is 7.05 Å². The van der Waals surface area contributed by atoms with Crippen molar-refractivity contribution in [2.24, 2.45) is 7.05 Å². The standard InChI is InChI=1S/C8H10ClNO2.ClH/c1-10-5-8(12-2)7(11)3-6(10)4-9;/h3,5H,4H2,1-2H3;1H. The van der Waals surface area contributed by atoms with Gasteiger partial charge in [0.25, 0.3) is 0 Å². The highest BCUT2D eigenvalue weighted by molar-refractivity contribution is 6.16. The van der Waals surface area contributed by atoms with E-state index in [1.54, 1.807) is 10.8 Å². The summed E-state index contributed by atoms with van der Waals surface area (Å²) in [6.45, 7) is 0. The highest BCUT2D eigenvalue weighted by Gasteiger charge is 2.02. The Bertz CT molecular complexity index is 335.